The number of aromatic nitrogens is 1. The monoisotopic (exact) mass is 273 g/mol. The second-order valence-electron chi connectivity index (χ2n) is 6.32. The van der Waals surface area contributed by atoms with Crippen LogP contribution in [0.1, 0.15) is 87.7 Å². The van der Waals surface area contributed by atoms with Crippen LogP contribution >= 0.6 is 0 Å². The smallest absolute Gasteiger partial charge is 0.0439 e. The quantitative estimate of drug-likeness (QED) is 0.713. The maximum Gasteiger partial charge on any atom is 0.0439 e. The van der Waals surface area contributed by atoms with Gasteiger partial charge in [-0.25, -0.2) is 0 Å². The summed E-state index contributed by atoms with van der Waals surface area (Å²) >= 11 is 0. The van der Waals surface area contributed by atoms with E-state index in [2.05, 4.69) is 19.9 Å². The second kappa shape index (κ2) is 8.44. The lowest BCUT2D eigenvalue weighted by Gasteiger charge is -2.16. The number of fused-ring (bicyclic) bond motifs is 1. The number of hydrogen-bond donors (Lipinski definition) is 0. The second-order valence-corrected chi connectivity index (χ2v) is 6.32. The minimum absolute atomic E-state index is 1.16. The highest BCUT2D eigenvalue weighted by molar-refractivity contribution is 5.31. The topological polar surface area (TPSA) is 12.9 Å². The highest BCUT2D eigenvalue weighted by Crippen LogP contribution is 2.22. The summed E-state index contributed by atoms with van der Waals surface area (Å²) in [5.74, 6) is 0. The summed E-state index contributed by atoms with van der Waals surface area (Å²) < 4.78 is 0. The van der Waals surface area contributed by atoms with E-state index in [0.717, 1.165) is 6.42 Å². The molecule has 0 saturated carbocycles. The lowest BCUT2D eigenvalue weighted by molar-refractivity contribution is 0.574. The first-order chi connectivity index (χ1) is 9.85. The zero-order valence-corrected chi connectivity index (χ0v) is 13.5. The van der Waals surface area contributed by atoms with Crippen molar-refractivity contribution in [1.82, 2.24) is 4.98 Å². The molecule has 0 saturated heterocycles. The molecule has 0 aromatic carbocycles. The molecule has 1 heterocycles. The minimum atomic E-state index is 1.16. The molecule has 0 spiro atoms. The number of rotatable bonds is 4. The van der Waals surface area contributed by atoms with E-state index in [1.54, 1.807) is 5.56 Å². The van der Waals surface area contributed by atoms with Crippen LogP contribution < -0.4 is 0 Å². The van der Waals surface area contributed by atoms with Crippen LogP contribution in [0.15, 0.2) is 6.07 Å². The first-order valence-electron chi connectivity index (χ1n) is 8.85. The van der Waals surface area contributed by atoms with E-state index in [4.69, 9.17) is 4.98 Å². The average molecular weight is 273 g/mol. The first-order valence-corrected chi connectivity index (χ1v) is 8.85. The van der Waals surface area contributed by atoms with Gasteiger partial charge in [0.15, 0.2) is 0 Å². The Balaban J connectivity index is 2.27. The predicted molar refractivity (Wildman–Crippen MR) is 87.3 cm³/mol. The van der Waals surface area contributed by atoms with Gasteiger partial charge in [0.1, 0.15) is 0 Å². The summed E-state index contributed by atoms with van der Waals surface area (Å²) in [6.45, 7) is 4.55. The fourth-order valence-electron chi connectivity index (χ4n) is 3.37. The maximum atomic E-state index is 5.10. The molecule has 1 aromatic rings. The summed E-state index contributed by atoms with van der Waals surface area (Å²) in [4.78, 5) is 5.10. The molecule has 1 aliphatic carbocycles. The average Bonchev–Trinajstić information content (AvgIpc) is 2.46. The third-order valence-electron chi connectivity index (χ3n) is 4.48. The van der Waals surface area contributed by atoms with Crippen molar-refractivity contribution in [3.63, 3.8) is 0 Å². The molecule has 0 bridgehead atoms. The molecule has 0 N–H and O–H groups in total. The Hall–Kier alpha value is -0.850. The Bertz CT molecular complexity index is 369. The van der Waals surface area contributed by atoms with Gasteiger partial charge in [-0.3, -0.25) is 4.98 Å². The van der Waals surface area contributed by atoms with Crippen molar-refractivity contribution >= 4 is 0 Å². The fourth-order valence-corrected chi connectivity index (χ4v) is 3.37. The van der Waals surface area contributed by atoms with E-state index in [1.807, 2.05) is 0 Å². The van der Waals surface area contributed by atoms with Gasteiger partial charge in [0, 0.05) is 11.4 Å². The Morgan fingerprint density at radius 2 is 1.50 bits per heavy atom. The lowest BCUT2D eigenvalue weighted by Crippen LogP contribution is -2.07. The van der Waals surface area contributed by atoms with Crippen molar-refractivity contribution in [2.24, 2.45) is 0 Å². The fraction of sp³-hybridized carbons (Fsp3) is 0.737. The Labute approximate surface area is 125 Å². The molecule has 1 heteroatoms. The molecular formula is C19H31N. The normalized spacial score (nSPS) is 16.7. The van der Waals surface area contributed by atoms with Crippen LogP contribution in [-0.4, -0.2) is 4.98 Å². The van der Waals surface area contributed by atoms with Crippen LogP contribution in [-0.2, 0) is 25.7 Å². The van der Waals surface area contributed by atoms with Crippen LogP contribution in [0.5, 0.6) is 0 Å². The molecule has 1 nitrogen and oxygen atoms in total. The molecule has 0 amide bonds. The number of nitrogens with zero attached hydrogens (tertiary/aromatic N) is 1. The SMILES string of the molecule is CCCc1cc2c(nc1CCC)CCCCCCCC2. The van der Waals surface area contributed by atoms with E-state index in [0.29, 0.717) is 0 Å². The summed E-state index contributed by atoms with van der Waals surface area (Å²) in [5.41, 5.74) is 5.92. The molecule has 2 rings (SSSR count). The van der Waals surface area contributed by atoms with Gasteiger partial charge in [-0.15, -0.1) is 0 Å². The molecule has 0 aliphatic heterocycles. The van der Waals surface area contributed by atoms with Gasteiger partial charge in [-0.2, -0.15) is 0 Å². The van der Waals surface area contributed by atoms with E-state index < -0.39 is 0 Å². The largest absolute Gasteiger partial charge is 0.257 e. The third-order valence-corrected chi connectivity index (χ3v) is 4.48. The number of hydrogen-bond acceptors (Lipinski definition) is 1. The number of aryl methyl sites for hydroxylation is 4. The third kappa shape index (κ3) is 4.33. The molecule has 1 aromatic heterocycles. The van der Waals surface area contributed by atoms with Crippen LogP contribution in [0.2, 0.25) is 0 Å². The molecule has 112 valence electrons. The minimum Gasteiger partial charge on any atom is -0.257 e. The van der Waals surface area contributed by atoms with Crippen molar-refractivity contribution in [3.8, 4) is 0 Å². The van der Waals surface area contributed by atoms with Gasteiger partial charge in [-0.05, 0) is 49.7 Å². The maximum absolute atomic E-state index is 5.10. The van der Waals surface area contributed by atoms with Crippen LogP contribution in [0, 0.1) is 0 Å². The van der Waals surface area contributed by atoms with Crippen LogP contribution in [0.4, 0.5) is 0 Å². The standard InChI is InChI=1S/C19H31N/c1-3-11-16-15-17-13-9-7-5-6-8-10-14-19(17)20-18(16)12-4-2/h15H,3-14H2,1-2H3. The van der Waals surface area contributed by atoms with Crippen molar-refractivity contribution < 1.29 is 0 Å². The molecule has 0 atom stereocenters. The predicted octanol–water partition coefficient (Wildman–Crippen LogP) is 5.43. The Morgan fingerprint density at radius 1 is 0.850 bits per heavy atom. The molecule has 0 fully saturated rings. The van der Waals surface area contributed by atoms with E-state index >= 15 is 0 Å². The molecule has 20 heavy (non-hydrogen) atoms. The van der Waals surface area contributed by atoms with Gasteiger partial charge in [0.2, 0.25) is 0 Å². The molecular weight excluding hydrogens is 242 g/mol. The molecule has 1 aliphatic rings. The first kappa shape index (κ1) is 15.5. The van der Waals surface area contributed by atoms with Crippen molar-refractivity contribution in [3.05, 3.63) is 28.6 Å². The summed E-state index contributed by atoms with van der Waals surface area (Å²) in [5, 5.41) is 0. The van der Waals surface area contributed by atoms with Crippen LogP contribution in [0.25, 0.3) is 0 Å². The lowest BCUT2D eigenvalue weighted by atomic mass is 9.94. The van der Waals surface area contributed by atoms with E-state index in [-0.39, 0.29) is 0 Å². The summed E-state index contributed by atoms with van der Waals surface area (Å²) in [6, 6.07) is 2.51. The summed E-state index contributed by atoms with van der Waals surface area (Å²) in [6.07, 6.45) is 15.6. The molecule has 0 unspecified atom stereocenters. The highest BCUT2D eigenvalue weighted by atomic mass is 14.7. The zero-order chi connectivity index (χ0) is 14.2. The van der Waals surface area contributed by atoms with Gasteiger partial charge in [-0.1, -0.05) is 58.4 Å². The van der Waals surface area contributed by atoms with E-state index in [9.17, 15) is 0 Å². The van der Waals surface area contributed by atoms with Gasteiger partial charge >= 0.3 is 0 Å². The van der Waals surface area contributed by atoms with Gasteiger partial charge in [0.05, 0.1) is 0 Å². The molecule has 0 radical (unpaired) electrons. The van der Waals surface area contributed by atoms with Crippen LogP contribution in [0.3, 0.4) is 0 Å². The van der Waals surface area contributed by atoms with Crippen molar-refractivity contribution in [1.29, 1.82) is 0 Å². The van der Waals surface area contributed by atoms with Gasteiger partial charge < -0.3 is 0 Å². The number of pyridine rings is 1. The Morgan fingerprint density at radius 3 is 2.20 bits per heavy atom. The van der Waals surface area contributed by atoms with E-state index in [1.165, 1.54) is 87.6 Å². The Kier molecular flexibility index (Phi) is 6.56. The van der Waals surface area contributed by atoms with Crippen molar-refractivity contribution in [2.45, 2.75) is 90.9 Å². The van der Waals surface area contributed by atoms with Gasteiger partial charge in [0.25, 0.3) is 0 Å². The zero-order valence-electron chi connectivity index (χ0n) is 13.5. The highest BCUT2D eigenvalue weighted by Gasteiger charge is 2.12. The van der Waals surface area contributed by atoms with Crippen molar-refractivity contribution in [2.75, 3.05) is 0 Å². The summed E-state index contributed by atoms with van der Waals surface area (Å²) in [7, 11) is 0.